The fourth-order valence-electron chi connectivity index (χ4n) is 2.59. The van der Waals surface area contributed by atoms with Gasteiger partial charge in [0.2, 0.25) is 0 Å². The van der Waals surface area contributed by atoms with Gasteiger partial charge in [-0.1, -0.05) is 29.8 Å². The van der Waals surface area contributed by atoms with Gasteiger partial charge in [-0.15, -0.1) is 0 Å². The number of carbonyl (C=O) groups is 1. The third-order valence-electron chi connectivity index (χ3n) is 3.72. The molecule has 118 valence electrons. The Kier molecular flexibility index (Phi) is 3.78. The molecule has 0 atom stereocenters. The number of aromatic nitrogens is 2. The van der Waals surface area contributed by atoms with Crippen LogP contribution in [0.25, 0.3) is 16.6 Å². The zero-order chi connectivity index (χ0) is 16.6. The minimum atomic E-state index is -0.485. The number of aryl methyl sites for hydroxylation is 1. The number of primary amides is 1. The van der Waals surface area contributed by atoms with Crippen molar-refractivity contribution in [1.82, 2.24) is 9.61 Å². The number of nitrogens with zero attached hydrogens (tertiary/aromatic N) is 2. The molecule has 0 saturated carbocycles. The molecule has 3 rings (SSSR count). The van der Waals surface area contributed by atoms with Gasteiger partial charge in [-0.2, -0.15) is 5.10 Å². The van der Waals surface area contributed by atoms with Crippen LogP contribution in [0.15, 0.2) is 42.7 Å². The number of benzene rings is 1. The molecule has 0 fully saturated rings. The van der Waals surface area contributed by atoms with Crippen molar-refractivity contribution >= 4 is 17.1 Å². The second-order valence-corrected chi connectivity index (χ2v) is 6.02. The van der Waals surface area contributed by atoms with Gasteiger partial charge in [0, 0.05) is 17.8 Å². The Hall–Kier alpha value is -2.82. The minimum absolute atomic E-state index is 0.178. The first-order chi connectivity index (χ1) is 11.0. The Morgan fingerprint density at radius 2 is 1.91 bits per heavy atom. The highest BCUT2D eigenvalue weighted by molar-refractivity contribution is 6.02. The van der Waals surface area contributed by atoms with Gasteiger partial charge in [0.15, 0.2) is 0 Å². The van der Waals surface area contributed by atoms with Crippen LogP contribution in [0.5, 0.6) is 0 Å². The maximum atomic E-state index is 11.7. The summed E-state index contributed by atoms with van der Waals surface area (Å²) in [6, 6.07) is 10.5. The summed E-state index contributed by atoms with van der Waals surface area (Å²) < 4.78 is 1.77. The van der Waals surface area contributed by atoms with Gasteiger partial charge >= 0.3 is 0 Å². The average molecular weight is 308 g/mol. The smallest absolute Gasteiger partial charge is 0.252 e. The first kappa shape index (κ1) is 15.1. The summed E-state index contributed by atoms with van der Waals surface area (Å²) in [4.78, 5) is 11.7. The van der Waals surface area contributed by atoms with Crippen molar-refractivity contribution in [3.8, 4) is 11.1 Å². The van der Waals surface area contributed by atoms with E-state index in [1.165, 1.54) is 11.8 Å². The lowest BCUT2D eigenvalue weighted by molar-refractivity contribution is 0.100. The molecule has 1 aromatic carbocycles. The van der Waals surface area contributed by atoms with Crippen LogP contribution in [0.2, 0.25) is 0 Å². The number of hydrogen-bond donors (Lipinski definition) is 2. The van der Waals surface area contributed by atoms with E-state index < -0.39 is 5.91 Å². The number of fused-ring (bicyclic) bond motifs is 1. The minimum Gasteiger partial charge on any atom is -0.380 e. The highest BCUT2D eigenvalue weighted by Gasteiger charge is 2.16. The van der Waals surface area contributed by atoms with Crippen molar-refractivity contribution in [2.75, 3.05) is 5.32 Å². The van der Waals surface area contributed by atoms with E-state index in [-0.39, 0.29) is 6.04 Å². The molecule has 5 heteroatoms. The van der Waals surface area contributed by atoms with Crippen molar-refractivity contribution in [3.63, 3.8) is 0 Å². The number of carbonyl (C=O) groups excluding carboxylic acids is 1. The molecule has 5 nitrogen and oxygen atoms in total. The van der Waals surface area contributed by atoms with E-state index in [0.29, 0.717) is 5.56 Å². The van der Waals surface area contributed by atoms with Crippen LogP contribution < -0.4 is 11.1 Å². The second kappa shape index (κ2) is 5.76. The van der Waals surface area contributed by atoms with E-state index >= 15 is 0 Å². The number of nitrogens with one attached hydrogen (secondary N) is 1. The standard InChI is InChI=1S/C18H20N4O/c1-11(2)21-17-15(18(19)23)9-20-22-10-14(8-16(17)22)13-6-4-12(3)5-7-13/h4-11,21H,1-3H3,(H2,19,23). The van der Waals surface area contributed by atoms with Crippen molar-refractivity contribution in [2.24, 2.45) is 5.73 Å². The van der Waals surface area contributed by atoms with Crippen LogP contribution in [0.4, 0.5) is 5.69 Å². The van der Waals surface area contributed by atoms with Gasteiger partial charge in [0.05, 0.1) is 23.0 Å². The van der Waals surface area contributed by atoms with Gasteiger partial charge < -0.3 is 11.1 Å². The molecule has 0 aliphatic rings. The van der Waals surface area contributed by atoms with Gasteiger partial charge in [-0.3, -0.25) is 4.79 Å². The highest BCUT2D eigenvalue weighted by Crippen LogP contribution is 2.28. The number of amides is 1. The summed E-state index contributed by atoms with van der Waals surface area (Å²) in [7, 11) is 0. The summed E-state index contributed by atoms with van der Waals surface area (Å²) >= 11 is 0. The molecule has 0 radical (unpaired) electrons. The van der Waals surface area contributed by atoms with E-state index in [1.54, 1.807) is 4.52 Å². The molecule has 0 aliphatic carbocycles. The molecule has 3 aromatic rings. The molecule has 0 bridgehead atoms. The van der Waals surface area contributed by atoms with E-state index in [0.717, 1.165) is 22.3 Å². The summed E-state index contributed by atoms with van der Waals surface area (Å²) in [6.45, 7) is 6.10. The third kappa shape index (κ3) is 2.90. The average Bonchev–Trinajstić information content (AvgIpc) is 2.92. The SMILES string of the molecule is Cc1ccc(-c2cc3c(NC(C)C)c(C(N)=O)cnn3c2)cc1. The van der Waals surface area contributed by atoms with Crippen molar-refractivity contribution in [3.05, 3.63) is 53.9 Å². The van der Waals surface area contributed by atoms with Gasteiger partial charge in [0.1, 0.15) is 0 Å². The first-order valence-electron chi connectivity index (χ1n) is 7.60. The molecular weight excluding hydrogens is 288 g/mol. The Morgan fingerprint density at radius 1 is 1.22 bits per heavy atom. The number of anilines is 1. The monoisotopic (exact) mass is 308 g/mol. The highest BCUT2D eigenvalue weighted by atomic mass is 16.1. The Labute approximate surface area is 135 Å². The zero-order valence-electron chi connectivity index (χ0n) is 13.5. The number of hydrogen-bond acceptors (Lipinski definition) is 3. The molecule has 3 N–H and O–H groups in total. The van der Waals surface area contributed by atoms with E-state index in [4.69, 9.17) is 5.73 Å². The molecule has 2 heterocycles. The molecule has 0 spiro atoms. The van der Waals surface area contributed by atoms with Crippen LogP contribution in [0.1, 0.15) is 29.8 Å². The molecule has 1 amide bonds. The van der Waals surface area contributed by atoms with Crippen LogP contribution >= 0.6 is 0 Å². The lowest BCUT2D eigenvalue weighted by Gasteiger charge is -2.14. The molecule has 23 heavy (non-hydrogen) atoms. The van der Waals surface area contributed by atoms with Gasteiger partial charge in [-0.25, -0.2) is 4.52 Å². The topological polar surface area (TPSA) is 72.4 Å². The molecule has 0 saturated heterocycles. The largest absolute Gasteiger partial charge is 0.380 e. The first-order valence-corrected chi connectivity index (χ1v) is 7.60. The summed E-state index contributed by atoms with van der Waals surface area (Å²) in [5, 5.41) is 7.62. The number of nitrogens with two attached hydrogens (primary N) is 1. The fourth-order valence-corrected chi connectivity index (χ4v) is 2.59. The third-order valence-corrected chi connectivity index (χ3v) is 3.72. The quantitative estimate of drug-likeness (QED) is 0.777. The summed E-state index contributed by atoms with van der Waals surface area (Å²) in [5.74, 6) is -0.485. The van der Waals surface area contributed by atoms with Crippen molar-refractivity contribution in [1.29, 1.82) is 0 Å². The lowest BCUT2D eigenvalue weighted by atomic mass is 10.1. The van der Waals surface area contributed by atoms with E-state index in [1.807, 2.05) is 26.1 Å². The Balaban J connectivity index is 2.18. The molecular formula is C18H20N4O. The summed E-state index contributed by atoms with van der Waals surface area (Å²) in [6.07, 6.45) is 3.47. The maximum Gasteiger partial charge on any atom is 0.252 e. The Morgan fingerprint density at radius 3 is 2.52 bits per heavy atom. The van der Waals surface area contributed by atoms with E-state index in [2.05, 4.69) is 41.6 Å². The van der Waals surface area contributed by atoms with Crippen molar-refractivity contribution in [2.45, 2.75) is 26.8 Å². The Bertz CT molecular complexity index is 863. The van der Waals surface area contributed by atoms with Gasteiger partial charge in [-0.05, 0) is 32.4 Å². The van der Waals surface area contributed by atoms with Crippen LogP contribution in [0, 0.1) is 6.92 Å². The normalized spacial score (nSPS) is 11.1. The summed E-state index contributed by atoms with van der Waals surface area (Å²) in [5.41, 5.74) is 10.8. The van der Waals surface area contributed by atoms with Crippen LogP contribution in [-0.4, -0.2) is 21.6 Å². The lowest BCUT2D eigenvalue weighted by Crippen LogP contribution is -2.19. The van der Waals surface area contributed by atoms with Gasteiger partial charge in [0.25, 0.3) is 5.91 Å². The zero-order valence-corrected chi connectivity index (χ0v) is 13.5. The van der Waals surface area contributed by atoms with Crippen LogP contribution in [0.3, 0.4) is 0 Å². The molecule has 0 unspecified atom stereocenters. The van der Waals surface area contributed by atoms with Crippen molar-refractivity contribution < 1.29 is 4.79 Å². The predicted molar refractivity (Wildman–Crippen MR) is 92.6 cm³/mol. The predicted octanol–water partition coefficient (Wildman–Crippen LogP) is 3.23. The second-order valence-electron chi connectivity index (χ2n) is 6.02. The fraction of sp³-hybridized carbons (Fsp3) is 0.222. The molecule has 0 aliphatic heterocycles. The number of rotatable bonds is 4. The molecule has 2 aromatic heterocycles. The van der Waals surface area contributed by atoms with Crippen LogP contribution in [-0.2, 0) is 0 Å². The maximum absolute atomic E-state index is 11.7. The van der Waals surface area contributed by atoms with E-state index in [9.17, 15) is 4.79 Å².